The Kier molecular flexibility index (Phi) is 14.0. The number of carbonyl (C=O) groups excluding carboxylic acids is 2. The second-order valence-electron chi connectivity index (χ2n) is 7.62. The second kappa shape index (κ2) is 15.7. The predicted octanol–water partition coefficient (Wildman–Crippen LogP) is 4.92. The predicted molar refractivity (Wildman–Crippen MR) is 108 cm³/mol. The smallest absolute Gasteiger partial charge is 0.338 e. The summed E-state index contributed by atoms with van der Waals surface area (Å²) < 4.78 is 20.5. The normalized spacial score (nSPS) is 21.6. The van der Waals surface area contributed by atoms with Gasteiger partial charge < -0.3 is 18.9 Å². The summed E-state index contributed by atoms with van der Waals surface area (Å²) in [5, 5.41) is 0. The van der Waals surface area contributed by atoms with E-state index in [9.17, 15) is 9.59 Å². The van der Waals surface area contributed by atoms with Crippen molar-refractivity contribution in [3.8, 4) is 0 Å². The highest BCUT2D eigenvalue weighted by molar-refractivity contribution is 5.86. The molecule has 0 spiro atoms. The lowest BCUT2D eigenvalue weighted by molar-refractivity contribution is -0.160. The third-order valence-corrected chi connectivity index (χ3v) is 5.28. The van der Waals surface area contributed by atoms with E-state index in [1.807, 2.05) is 0 Å². The summed E-state index contributed by atoms with van der Waals surface area (Å²) in [5.41, 5.74) is 0. The average Bonchev–Trinajstić information content (AvgIpc) is 3.14. The van der Waals surface area contributed by atoms with Crippen molar-refractivity contribution in [2.24, 2.45) is 0 Å². The largest absolute Gasteiger partial charge is 0.467 e. The lowest BCUT2D eigenvalue weighted by Gasteiger charge is -2.11. The molecule has 0 amide bonds. The molecule has 0 aromatic carbocycles. The first-order chi connectivity index (χ1) is 13.6. The summed E-state index contributed by atoms with van der Waals surface area (Å²) >= 11 is 0. The van der Waals surface area contributed by atoms with Crippen molar-refractivity contribution in [3.63, 3.8) is 0 Å². The highest BCUT2D eigenvalue weighted by atomic mass is 16.8. The first-order valence-corrected chi connectivity index (χ1v) is 11.1. The van der Waals surface area contributed by atoms with Gasteiger partial charge in [-0.1, -0.05) is 84.0 Å². The molecule has 0 aliphatic carbocycles. The van der Waals surface area contributed by atoms with Crippen LogP contribution in [-0.4, -0.2) is 44.7 Å². The molecule has 1 aliphatic rings. The number of rotatable bonds is 16. The van der Waals surface area contributed by atoms with E-state index in [4.69, 9.17) is 9.47 Å². The van der Waals surface area contributed by atoms with E-state index in [2.05, 4.69) is 16.4 Å². The van der Waals surface area contributed by atoms with Crippen molar-refractivity contribution in [1.29, 1.82) is 0 Å². The fourth-order valence-electron chi connectivity index (χ4n) is 3.56. The Balaban J connectivity index is 2.03. The van der Waals surface area contributed by atoms with E-state index in [1.165, 1.54) is 84.8 Å². The zero-order chi connectivity index (χ0) is 20.6. The average molecular weight is 401 g/mol. The van der Waals surface area contributed by atoms with Crippen molar-refractivity contribution >= 4 is 11.9 Å². The molecule has 2 atom stereocenters. The summed E-state index contributed by atoms with van der Waals surface area (Å²) in [5.74, 6) is -1.22. The van der Waals surface area contributed by atoms with Gasteiger partial charge in [-0.25, -0.2) is 9.59 Å². The fraction of sp³-hybridized carbons (Fsp3) is 0.909. The van der Waals surface area contributed by atoms with Gasteiger partial charge in [-0.15, -0.1) is 0 Å². The molecule has 1 fully saturated rings. The molecule has 1 aliphatic heterocycles. The van der Waals surface area contributed by atoms with Crippen LogP contribution in [0.25, 0.3) is 0 Å². The van der Waals surface area contributed by atoms with Crippen molar-refractivity contribution in [2.75, 3.05) is 14.2 Å². The van der Waals surface area contributed by atoms with Gasteiger partial charge in [-0.2, -0.15) is 0 Å². The first kappa shape index (κ1) is 24.9. The highest BCUT2D eigenvalue weighted by Crippen LogP contribution is 2.25. The third-order valence-electron chi connectivity index (χ3n) is 5.28. The molecule has 1 heterocycles. The zero-order valence-electron chi connectivity index (χ0n) is 18.1. The molecule has 0 radical (unpaired) electrons. The Morgan fingerprint density at radius 2 is 1.00 bits per heavy atom. The Labute approximate surface area is 170 Å². The van der Waals surface area contributed by atoms with Crippen molar-refractivity contribution in [3.05, 3.63) is 0 Å². The van der Waals surface area contributed by atoms with E-state index in [1.54, 1.807) is 0 Å². The minimum atomic E-state index is -1.04. The van der Waals surface area contributed by atoms with Crippen LogP contribution in [0.4, 0.5) is 0 Å². The van der Waals surface area contributed by atoms with E-state index in [-0.39, 0.29) is 0 Å². The van der Waals surface area contributed by atoms with E-state index >= 15 is 0 Å². The quantitative estimate of drug-likeness (QED) is 0.270. The summed E-state index contributed by atoms with van der Waals surface area (Å²) in [4.78, 5) is 23.5. The van der Waals surface area contributed by atoms with Gasteiger partial charge in [0.25, 0.3) is 0 Å². The molecule has 2 unspecified atom stereocenters. The number of carbonyl (C=O) groups is 2. The molecule has 6 heteroatoms. The van der Waals surface area contributed by atoms with Crippen LogP contribution < -0.4 is 0 Å². The molecule has 0 aromatic heterocycles. The number of ether oxygens (including phenoxy) is 4. The first-order valence-electron chi connectivity index (χ1n) is 11.1. The zero-order valence-corrected chi connectivity index (χ0v) is 18.1. The minimum absolute atomic E-state index is 0.555. The highest BCUT2D eigenvalue weighted by Gasteiger charge is 2.46. The van der Waals surface area contributed by atoms with Crippen LogP contribution in [-0.2, 0) is 28.5 Å². The van der Waals surface area contributed by atoms with E-state index in [0.29, 0.717) is 6.42 Å². The molecule has 0 N–H and O–H groups in total. The lowest BCUT2D eigenvalue weighted by Crippen LogP contribution is -2.38. The topological polar surface area (TPSA) is 71.1 Å². The van der Waals surface area contributed by atoms with Gasteiger partial charge in [0.2, 0.25) is 0 Å². The van der Waals surface area contributed by atoms with Crippen LogP contribution in [0.1, 0.15) is 96.8 Å². The van der Waals surface area contributed by atoms with Crippen molar-refractivity contribution in [2.45, 2.75) is 115 Å². The Morgan fingerprint density at radius 1 is 0.643 bits per heavy atom. The van der Waals surface area contributed by atoms with Crippen LogP contribution in [0.3, 0.4) is 0 Å². The van der Waals surface area contributed by atoms with Gasteiger partial charge in [0.15, 0.2) is 18.5 Å². The number of methoxy groups -OCH3 is 2. The molecule has 0 aromatic rings. The van der Waals surface area contributed by atoms with Gasteiger partial charge in [-0.3, -0.25) is 0 Å². The van der Waals surface area contributed by atoms with Gasteiger partial charge in [-0.05, 0) is 12.8 Å². The van der Waals surface area contributed by atoms with Crippen LogP contribution in [0.15, 0.2) is 0 Å². The van der Waals surface area contributed by atoms with E-state index < -0.39 is 30.4 Å². The lowest BCUT2D eigenvalue weighted by atomic mass is 10.0. The number of esters is 2. The summed E-state index contributed by atoms with van der Waals surface area (Å²) in [6.07, 6.45) is 14.8. The maximum atomic E-state index is 11.7. The van der Waals surface area contributed by atoms with E-state index in [0.717, 1.165) is 12.8 Å². The number of hydrogen-bond donors (Lipinski definition) is 0. The Bertz CT molecular complexity index is 401. The Hall–Kier alpha value is -1.14. The van der Waals surface area contributed by atoms with Gasteiger partial charge in [0.1, 0.15) is 0 Å². The summed E-state index contributed by atoms with van der Waals surface area (Å²) in [6, 6.07) is 0. The number of unbranched alkanes of at least 4 members (excludes halogenated alkanes) is 12. The summed E-state index contributed by atoms with van der Waals surface area (Å²) in [6.45, 7) is 2.26. The summed E-state index contributed by atoms with van der Waals surface area (Å²) in [7, 11) is 2.53. The minimum Gasteiger partial charge on any atom is -0.467 e. The van der Waals surface area contributed by atoms with Gasteiger partial charge in [0, 0.05) is 0 Å². The molecule has 0 bridgehead atoms. The monoisotopic (exact) mass is 400 g/mol. The van der Waals surface area contributed by atoms with Crippen molar-refractivity contribution in [1.82, 2.24) is 0 Å². The molecule has 0 saturated carbocycles. The van der Waals surface area contributed by atoms with Crippen molar-refractivity contribution < 1.29 is 28.5 Å². The maximum absolute atomic E-state index is 11.7. The number of hydrogen-bond acceptors (Lipinski definition) is 6. The molecule has 1 saturated heterocycles. The Morgan fingerprint density at radius 3 is 1.36 bits per heavy atom. The molecule has 164 valence electrons. The van der Waals surface area contributed by atoms with Gasteiger partial charge in [0.05, 0.1) is 14.2 Å². The maximum Gasteiger partial charge on any atom is 0.338 e. The molecule has 1 rings (SSSR count). The SMILES string of the molecule is CCCCCCCCCCCCCCCC1OC(C(=O)OC)C(C(=O)OC)O1. The molecule has 6 nitrogen and oxygen atoms in total. The van der Waals surface area contributed by atoms with Crippen LogP contribution in [0, 0.1) is 0 Å². The fourth-order valence-corrected chi connectivity index (χ4v) is 3.56. The van der Waals surface area contributed by atoms with Crippen LogP contribution in [0.2, 0.25) is 0 Å². The van der Waals surface area contributed by atoms with Crippen LogP contribution >= 0.6 is 0 Å². The third kappa shape index (κ3) is 9.87. The standard InChI is InChI=1S/C22H40O6/c1-4-5-6-7-8-9-10-11-12-13-14-15-16-17-18-27-19(21(23)25-2)20(28-18)22(24)26-3/h18-20H,4-17H2,1-3H3. The molecular weight excluding hydrogens is 360 g/mol. The molecule has 28 heavy (non-hydrogen) atoms. The van der Waals surface area contributed by atoms with Gasteiger partial charge >= 0.3 is 11.9 Å². The van der Waals surface area contributed by atoms with Crippen LogP contribution in [0.5, 0.6) is 0 Å². The molecular formula is C22H40O6. The second-order valence-corrected chi connectivity index (χ2v) is 7.62.